The van der Waals surface area contributed by atoms with E-state index in [2.05, 4.69) is 0 Å². The van der Waals surface area contributed by atoms with Crippen LogP contribution in [0.3, 0.4) is 0 Å². The molecule has 0 atom stereocenters. The first-order valence-electron chi connectivity index (χ1n) is 6.21. The molecule has 0 amide bonds. The molecule has 0 aromatic heterocycles. The number of esters is 1. The summed E-state index contributed by atoms with van der Waals surface area (Å²) in [5.41, 5.74) is 6.89. The minimum absolute atomic E-state index is 0.301. The van der Waals surface area contributed by atoms with Gasteiger partial charge in [-0.05, 0) is 37.3 Å². The summed E-state index contributed by atoms with van der Waals surface area (Å²) in [7, 11) is 0. The number of rotatable bonds is 4. The van der Waals surface area contributed by atoms with Gasteiger partial charge in [-0.15, -0.1) is 0 Å². The summed E-state index contributed by atoms with van der Waals surface area (Å²) in [5.74, 6) is -0.412. The highest BCUT2D eigenvalue weighted by molar-refractivity contribution is 7.99. The van der Waals surface area contributed by atoms with Gasteiger partial charge in [0.25, 0.3) is 0 Å². The SMILES string of the molecule is CCOC(=O)c1cccc(N)c1Sc1cc(Cl)ccc1Cl. The number of ether oxygens (including phenoxy) is 1. The van der Waals surface area contributed by atoms with Crippen molar-refractivity contribution in [2.45, 2.75) is 16.7 Å². The van der Waals surface area contributed by atoms with Crippen molar-refractivity contribution in [3.8, 4) is 0 Å². The van der Waals surface area contributed by atoms with E-state index in [1.54, 1.807) is 43.3 Å². The van der Waals surface area contributed by atoms with Crippen LogP contribution in [0, 0.1) is 0 Å². The summed E-state index contributed by atoms with van der Waals surface area (Å²) in [5, 5.41) is 1.11. The molecule has 6 heteroatoms. The van der Waals surface area contributed by atoms with Gasteiger partial charge in [0.15, 0.2) is 0 Å². The van der Waals surface area contributed by atoms with Crippen LogP contribution in [0.15, 0.2) is 46.2 Å². The number of carbonyl (C=O) groups excluding carboxylic acids is 1. The average Bonchev–Trinajstić information content (AvgIpc) is 2.45. The van der Waals surface area contributed by atoms with Crippen molar-refractivity contribution in [3.63, 3.8) is 0 Å². The quantitative estimate of drug-likeness (QED) is 0.634. The maximum Gasteiger partial charge on any atom is 0.339 e. The summed E-state index contributed by atoms with van der Waals surface area (Å²) in [4.78, 5) is 13.4. The minimum Gasteiger partial charge on any atom is -0.462 e. The van der Waals surface area contributed by atoms with Gasteiger partial charge in [0, 0.05) is 20.5 Å². The van der Waals surface area contributed by atoms with E-state index in [1.165, 1.54) is 11.8 Å². The van der Waals surface area contributed by atoms with Crippen molar-refractivity contribution >= 4 is 46.6 Å². The predicted molar refractivity (Wildman–Crippen MR) is 87.4 cm³/mol. The van der Waals surface area contributed by atoms with Crippen molar-refractivity contribution in [2.24, 2.45) is 0 Å². The molecule has 0 aliphatic rings. The van der Waals surface area contributed by atoms with E-state index < -0.39 is 5.97 Å². The highest BCUT2D eigenvalue weighted by atomic mass is 35.5. The number of carbonyl (C=O) groups is 1. The lowest BCUT2D eigenvalue weighted by Crippen LogP contribution is -2.07. The molecule has 2 N–H and O–H groups in total. The Hall–Kier alpha value is -1.36. The molecule has 3 nitrogen and oxygen atoms in total. The standard InChI is InChI=1S/C15H13Cl2NO2S/c1-2-20-15(19)10-4-3-5-12(18)14(10)21-13-8-9(16)6-7-11(13)17/h3-8H,2,18H2,1H3. The lowest BCUT2D eigenvalue weighted by molar-refractivity contribution is 0.0522. The Morgan fingerprint density at radius 2 is 2.05 bits per heavy atom. The normalized spacial score (nSPS) is 10.4. The van der Waals surface area contributed by atoms with Crippen LogP contribution in [0.5, 0.6) is 0 Å². The third kappa shape index (κ3) is 3.84. The first-order valence-corrected chi connectivity index (χ1v) is 7.78. The number of anilines is 1. The van der Waals surface area contributed by atoms with E-state index in [-0.39, 0.29) is 0 Å². The van der Waals surface area contributed by atoms with E-state index in [9.17, 15) is 4.79 Å². The molecule has 21 heavy (non-hydrogen) atoms. The van der Waals surface area contributed by atoms with E-state index in [0.29, 0.717) is 32.8 Å². The van der Waals surface area contributed by atoms with E-state index in [1.807, 2.05) is 0 Å². The Balaban J connectivity index is 2.43. The average molecular weight is 342 g/mol. The number of nitrogens with two attached hydrogens (primary N) is 1. The van der Waals surface area contributed by atoms with Gasteiger partial charge < -0.3 is 10.5 Å². The number of nitrogen functional groups attached to an aromatic ring is 1. The maximum absolute atomic E-state index is 12.0. The van der Waals surface area contributed by atoms with Crippen LogP contribution in [-0.2, 0) is 4.74 Å². The molecule has 0 fully saturated rings. The molecule has 0 spiro atoms. The fourth-order valence-corrected chi connectivity index (χ4v) is 3.19. The largest absolute Gasteiger partial charge is 0.462 e. The van der Waals surface area contributed by atoms with Crippen molar-refractivity contribution < 1.29 is 9.53 Å². The predicted octanol–water partition coefficient (Wildman–Crippen LogP) is 4.90. The Morgan fingerprint density at radius 3 is 2.76 bits per heavy atom. The summed E-state index contributed by atoms with van der Waals surface area (Å²) in [6.45, 7) is 2.06. The van der Waals surface area contributed by atoms with Crippen LogP contribution in [0.25, 0.3) is 0 Å². The van der Waals surface area contributed by atoms with E-state index >= 15 is 0 Å². The summed E-state index contributed by atoms with van der Waals surface area (Å²) >= 11 is 13.4. The molecular weight excluding hydrogens is 329 g/mol. The third-order valence-corrected chi connectivity index (χ3v) is 4.54. The van der Waals surface area contributed by atoms with Gasteiger partial charge in [0.1, 0.15) is 0 Å². The Kier molecular flexibility index (Phi) is 5.39. The second kappa shape index (κ2) is 7.07. The van der Waals surface area contributed by atoms with Gasteiger partial charge in [-0.25, -0.2) is 4.79 Å². The van der Waals surface area contributed by atoms with Crippen LogP contribution in [0.2, 0.25) is 10.0 Å². The number of hydrogen-bond donors (Lipinski definition) is 1. The molecule has 0 saturated heterocycles. The lowest BCUT2D eigenvalue weighted by Gasteiger charge is -2.12. The van der Waals surface area contributed by atoms with Crippen molar-refractivity contribution in [2.75, 3.05) is 12.3 Å². The van der Waals surface area contributed by atoms with Crippen LogP contribution in [0.1, 0.15) is 17.3 Å². The van der Waals surface area contributed by atoms with E-state index in [0.717, 1.165) is 4.90 Å². The number of halogens is 2. The zero-order valence-corrected chi connectivity index (χ0v) is 13.6. The first kappa shape index (κ1) is 16.0. The Bertz CT molecular complexity index is 677. The van der Waals surface area contributed by atoms with Gasteiger partial charge in [-0.2, -0.15) is 0 Å². The van der Waals surface area contributed by atoms with Gasteiger partial charge in [-0.3, -0.25) is 0 Å². The van der Waals surface area contributed by atoms with E-state index in [4.69, 9.17) is 33.7 Å². The monoisotopic (exact) mass is 341 g/mol. The summed E-state index contributed by atoms with van der Waals surface area (Å²) in [6, 6.07) is 10.3. The lowest BCUT2D eigenvalue weighted by atomic mass is 10.2. The zero-order chi connectivity index (χ0) is 15.4. The molecule has 0 aliphatic heterocycles. The van der Waals surface area contributed by atoms with Gasteiger partial charge in [0.2, 0.25) is 0 Å². The molecule has 0 bridgehead atoms. The van der Waals surface area contributed by atoms with Gasteiger partial charge in [0.05, 0.1) is 17.2 Å². The smallest absolute Gasteiger partial charge is 0.339 e. The number of hydrogen-bond acceptors (Lipinski definition) is 4. The summed E-state index contributed by atoms with van der Waals surface area (Å²) in [6.07, 6.45) is 0. The third-order valence-electron chi connectivity index (χ3n) is 2.65. The fourth-order valence-electron chi connectivity index (χ4n) is 1.70. The highest BCUT2D eigenvalue weighted by Gasteiger charge is 2.17. The molecular formula is C15H13Cl2NO2S. The molecule has 2 aromatic rings. The molecule has 110 valence electrons. The maximum atomic E-state index is 12.0. The van der Waals surface area contributed by atoms with Crippen LogP contribution >= 0.6 is 35.0 Å². The highest BCUT2D eigenvalue weighted by Crippen LogP contribution is 2.39. The molecule has 2 rings (SSSR count). The molecule has 0 radical (unpaired) electrons. The van der Waals surface area contributed by atoms with Crippen molar-refractivity contribution in [3.05, 3.63) is 52.0 Å². The number of benzene rings is 2. The topological polar surface area (TPSA) is 52.3 Å². The Labute approximate surface area is 137 Å². The second-order valence-corrected chi connectivity index (χ2v) is 6.02. The van der Waals surface area contributed by atoms with Crippen LogP contribution in [0.4, 0.5) is 5.69 Å². The molecule has 0 saturated carbocycles. The van der Waals surface area contributed by atoms with Crippen LogP contribution in [-0.4, -0.2) is 12.6 Å². The molecule has 2 aromatic carbocycles. The first-order chi connectivity index (χ1) is 10.0. The summed E-state index contributed by atoms with van der Waals surface area (Å²) < 4.78 is 5.05. The minimum atomic E-state index is -0.412. The molecule has 0 unspecified atom stereocenters. The van der Waals surface area contributed by atoms with Crippen molar-refractivity contribution in [1.29, 1.82) is 0 Å². The van der Waals surface area contributed by atoms with Gasteiger partial charge in [-0.1, -0.05) is 41.0 Å². The zero-order valence-electron chi connectivity index (χ0n) is 11.2. The van der Waals surface area contributed by atoms with Crippen molar-refractivity contribution in [1.82, 2.24) is 0 Å². The van der Waals surface area contributed by atoms with Crippen LogP contribution < -0.4 is 5.73 Å². The van der Waals surface area contributed by atoms with Gasteiger partial charge >= 0.3 is 5.97 Å². The Morgan fingerprint density at radius 1 is 1.29 bits per heavy atom. The molecule has 0 aliphatic carbocycles. The fraction of sp³-hybridized carbons (Fsp3) is 0.133. The molecule has 0 heterocycles. The second-order valence-electron chi connectivity index (χ2n) is 4.12.